The van der Waals surface area contributed by atoms with E-state index in [9.17, 15) is 8.42 Å². The van der Waals surface area contributed by atoms with Crippen molar-refractivity contribution in [3.05, 3.63) is 16.6 Å². The monoisotopic (exact) mass is 349 g/mol. The lowest BCUT2D eigenvalue weighted by atomic mass is 10.3. The first-order valence-electron chi connectivity index (χ1n) is 5.89. The predicted octanol–water partition coefficient (Wildman–Crippen LogP) is 2.15. The zero-order valence-corrected chi connectivity index (χ0v) is 13.2. The van der Waals surface area contributed by atoms with Crippen molar-refractivity contribution in [3.63, 3.8) is 0 Å². The predicted molar refractivity (Wildman–Crippen MR) is 75.2 cm³/mol. The largest absolute Gasteiger partial charge is 0.493 e. The first-order valence-corrected chi connectivity index (χ1v) is 8.16. The van der Waals surface area contributed by atoms with E-state index in [2.05, 4.69) is 20.7 Å². The molecular formula is C12H16BrNO4S. The van der Waals surface area contributed by atoms with Crippen LogP contribution in [0.1, 0.15) is 12.8 Å². The number of methoxy groups -OCH3 is 2. The topological polar surface area (TPSA) is 64.6 Å². The Morgan fingerprint density at radius 3 is 2.37 bits per heavy atom. The highest BCUT2D eigenvalue weighted by atomic mass is 79.9. The van der Waals surface area contributed by atoms with Gasteiger partial charge in [-0.3, -0.25) is 0 Å². The van der Waals surface area contributed by atoms with Crippen LogP contribution in [0.15, 0.2) is 21.5 Å². The molecule has 0 bridgehead atoms. The fraction of sp³-hybridized carbons (Fsp3) is 0.500. The zero-order valence-electron chi connectivity index (χ0n) is 10.8. The Labute approximate surface area is 121 Å². The summed E-state index contributed by atoms with van der Waals surface area (Å²) in [6, 6.07) is 3.04. The van der Waals surface area contributed by atoms with E-state index in [0.717, 1.165) is 12.8 Å². The second-order valence-electron chi connectivity index (χ2n) is 4.43. The van der Waals surface area contributed by atoms with Crippen LogP contribution in [0.25, 0.3) is 0 Å². The summed E-state index contributed by atoms with van der Waals surface area (Å²) >= 11 is 3.26. The Balaban J connectivity index is 2.31. The Morgan fingerprint density at radius 2 is 1.84 bits per heavy atom. The highest BCUT2D eigenvalue weighted by Crippen LogP contribution is 2.35. The molecule has 1 aliphatic rings. The molecule has 0 radical (unpaired) electrons. The molecule has 7 heteroatoms. The number of sulfonamides is 1. The number of rotatable bonds is 6. The summed E-state index contributed by atoms with van der Waals surface area (Å²) in [6.07, 6.45) is 2.19. The van der Waals surface area contributed by atoms with Crippen LogP contribution in [-0.2, 0) is 10.0 Å². The van der Waals surface area contributed by atoms with E-state index in [1.807, 2.05) is 0 Å². The fourth-order valence-electron chi connectivity index (χ4n) is 1.67. The maximum Gasteiger partial charge on any atom is 0.241 e. The molecule has 2 rings (SSSR count). The van der Waals surface area contributed by atoms with Crippen LogP contribution < -0.4 is 14.2 Å². The molecule has 106 valence electrons. The molecule has 0 unspecified atom stereocenters. The average molecular weight is 350 g/mol. The maximum absolute atomic E-state index is 12.2. The first-order chi connectivity index (χ1) is 8.97. The first kappa shape index (κ1) is 14.6. The minimum Gasteiger partial charge on any atom is -0.493 e. The van der Waals surface area contributed by atoms with Crippen molar-refractivity contribution >= 4 is 26.0 Å². The highest BCUT2D eigenvalue weighted by molar-refractivity contribution is 9.10. The summed E-state index contributed by atoms with van der Waals surface area (Å²) in [5.41, 5.74) is 0. The number of ether oxygens (including phenoxy) is 2. The van der Waals surface area contributed by atoms with E-state index < -0.39 is 10.0 Å². The van der Waals surface area contributed by atoms with E-state index in [-0.39, 0.29) is 4.90 Å². The van der Waals surface area contributed by atoms with E-state index in [1.165, 1.54) is 20.3 Å². The van der Waals surface area contributed by atoms with Crippen molar-refractivity contribution in [2.24, 2.45) is 5.92 Å². The van der Waals surface area contributed by atoms with Crippen LogP contribution in [0.3, 0.4) is 0 Å². The number of halogens is 1. The van der Waals surface area contributed by atoms with Gasteiger partial charge in [0.25, 0.3) is 0 Å². The summed E-state index contributed by atoms with van der Waals surface area (Å²) in [5.74, 6) is 1.35. The van der Waals surface area contributed by atoms with Gasteiger partial charge in [-0.15, -0.1) is 0 Å². The summed E-state index contributed by atoms with van der Waals surface area (Å²) in [6.45, 7) is 0.489. The number of benzene rings is 1. The molecule has 0 atom stereocenters. The number of hydrogen-bond acceptors (Lipinski definition) is 4. The fourth-order valence-corrected chi connectivity index (χ4v) is 3.82. The summed E-state index contributed by atoms with van der Waals surface area (Å²) < 4.78 is 37.7. The maximum atomic E-state index is 12.2. The lowest BCUT2D eigenvalue weighted by molar-refractivity contribution is 0.353. The minimum absolute atomic E-state index is 0.158. The Hall–Kier alpha value is -0.790. The van der Waals surface area contributed by atoms with Crippen LogP contribution in [0.4, 0.5) is 0 Å². The van der Waals surface area contributed by atoms with Crippen molar-refractivity contribution in [1.82, 2.24) is 4.72 Å². The van der Waals surface area contributed by atoms with Crippen LogP contribution >= 0.6 is 15.9 Å². The normalized spacial score (nSPS) is 15.3. The van der Waals surface area contributed by atoms with Crippen molar-refractivity contribution < 1.29 is 17.9 Å². The van der Waals surface area contributed by atoms with Crippen LogP contribution in [0, 0.1) is 5.92 Å². The summed E-state index contributed by atoms with van der Waals surface area (Å²) in [7, 11) is -0.560. The van der Waals surface area contributed by atoms with E-state index in [0.29, 0.717) is 28.4 Å². The zero-order chi connectivity index (χ0) is 14.0. The van der Waals surface area contributed by atoms with E-state index in [1.54, 1.807) is 6.07 Å². The molecule has 1 aromatic carbocycles. The third kappa shape index (κ3) is 3.40. The Kier molecular flexibility index (Phi) is 4.37. The molecule has 0 spiro atoms. The second kappa shape index (κ2) is 5.68. The van der Waals surface area contributed by atoms with Crippen LogP contribution in [0.2, 0.25) is 0 Å². The Morgan fingerprint density at radius 1 is 1.26 bits per heavy atom. The van der Waals surface area contributed by atoms with Gasteiger partial charge in [-0.05, 0) is 40.8 Å². The molecular weight excluding hydrogens is 334 g/mol. The molecule has 1 aliphatic carbocycles. The van der Waals surface area contributed by atoms with Gasteiger partial charge in [0, 0.05) is 17.1 Å². The van der Waals surface area contributed by atoms with Gasteiger partial charge in [0.15, 0.2) is 11.5 Å². The molecule has 1 saturated carbocycles. The summed E-state index contributed by atoms with van der Waals surface area (Å²) in [4.78, 5) is 0.158. The SMILES string of the molecule is COc1cc(Br)c(S(=O)(=O)NCC2CC2)cc1OC. The average Bonchev–Trinajstić information content (AvgIpc) is 3.19. The highest BCUT2D eigenvalue weighted by Gasteiger charge is 2.26. The molecule has 0 amide bonds. The van der Waals surface area contributed by atoms with Gasteiger partial charge in [-0.2, -0.15) is 0 Å². The molecule has 1 N–H and O–H groups in total. The molecule has 0 saturated heterocycles. The van der Waals surface area contributed by atoms with Gasteiger partial charge in [-0.1, -0.05) is 0 Å². The van der Waals surface area contributed by atoms with Gasteiger partial charge in [-0.25, -0.2) is 13.1 Å². The van der Waals surface area contributed by atoms with Crippen LogP contribution in [-0.4, -0.2) is 29.2 Å². The van der Waals surface area contributed by atoms with Gasteiger partial charge < -0.3 is 9.47 Å². The quantitative estimate of drug-likeness (QED) is 0.854. The molecule has 1 aromatic rings. The molecule has 0 aromatic heterocycles. The van der Waals surface area contributed by atoms with Gasteiger partial charge in [0.1, 0.15) is 4.90 Å². The van der Waals surface area contributed by atoms with E-state index >= 15 is 0 Å². The summed E-state index contributed by atoms with van der Waals surface area (Å²) in [5, 5.41) is 0. The molecule has 0 heterocycles. The van der Waals surface area contributed by atoms with Gasteiger partial charge in [0.05, 0.1) is 14.2 Å². The van der Waals surface area contributed by atoms with Gasteiger partial charge >= 0.3 is 0 Å². The molecule has 19 heavy (non-hydrogen) atoms. The minimum atomic E-state index is -3.54. The smallest absolute Gasteiger partial charge is 0.241 e. The van der Waals surface area contributed by atoms with Crippen molar-refractivity contribution in [2.45, 2.75) is 17.7 Å². The standard InChI is InChI=1S/C12H16BrNO4S/c1-17-10-5-9(13)12(6-11(10)18-2)19(15,16)14-7-8-3-4-8/h5-6,8,14H,3-4,7H2,1-2H3. The van der Waals surface area contributed by atoms with Crippen LogP contribution in [0.5, 0.6) is 11.5 Å². The second-order valence-corrected chi connectivity index (χ2v) is 7.02. The molecule has 0 aliphatic heterocycles. The van der Waals surface area contributed by atoms with Crippen molar-refractivity contribution in [2.75, 3.05) is 20.8 Å². The van der Waals surface area contributed by atoms with E-state index in [4.69, 9.17) is 9.47 Å². The third-order valence-electron chi connectivity index (χ3n) is 2.99. The lowest BCUT2D eigenvalue weighted by Crippen LogP contribution is -2.26. The van der Waals surface area contributed by atoms with Crippen molar-refractivity contribution in [1.29, 1.82) is 0 Å². The molecule has 5 nitrogen and oxygen atoms in total. The number of hydrogen-bond donors (Lipinski definition) is 1. The number of nitrogens with one attached hydrogen (secondary N) is 1. The third-order valence-corrected chi connectivity index (χ3v) is 5.37. The van der Waals surface area contributed by atoms with Crippen molar-refractivity contribution in [3.8, 4) is 11.5 Å². The van der Waals surface area contributed by atoms with Gasteiger partial charge in [0.2, 0.25) is 10.0 Å². The Bertz CT molecular complexity index is 569. The lowest BCUT2D eigenvalue weighted by Gasteiger charge is -2.12. The molecule has 1 fully saturated rings.